The average Bonchev–Trinajstić information content (AvgIpc) is 3.18. The Labute approximate surface area is 106 Å². The van der Waals surface area contributed by atoms with Crippen LogP contribution >= 0.6 is 0 Å². The maximum atomic E-state index is 3.62. The Morgan fingerprint density at radius 3 is 2.82 bits per heavy atom. The van der Waals surface area contributed by atoms with E-state index in [1.165, 1.54) is 77.8 Å². The molecule has 3 heteroatoms. The molecule has 1 unspecified atom stereocenters. The van der Waals surface area contributed by atoms with Crippen LogP contribution in [0.2, 0.25) is 0 Å². The van der Waals surface area contributed by atoms with Crippen LogP contribution in [-0.4, -0.2) is 61.2 Å². The van der Waals surface area contributed by atoms with Gasteiger partial charge in [0, 0.05) is 31.7 Å². The number of nitrogens with one attached hydrogen (secondary N) is 1. The van der Waals surface area contributed by atoms with Gasteiger partial charge in [-0.15, -0.1) is 0 Å². The summed E-state index contributed by atoms with van der Waals surface area (Å²) in [4.78, 5) is 5.42. The topological polar surface area (TPSA) is 18.5 Å². The molecule has 2 aliphatic heterocycles. The van der Waals surface area contributed by atoms with Gasteiger partial charge in [0.2, 0.25) is 0 Å². The van der Waals surface area contributed by atoms with Crippen molar-refractivity contribution in [3.63, 3.8) is 0 Å². The second-order valence-corrected chi connectivity index (χ2v) is 6.07. The third-order valence-electron chi connectivity index (χ3n) is 4.58. The van der Waals surface area contributed by atoms with Crippen molar-refractivity contribution in [1.29, 1.82) is 0 Å². The Morgan fingerprint density at radius 2 is 1.94 bits per heavy atom. The molecule has 0 spiro atoms. The lowest BCUT2D eigenvalue weighted by Crippen LogP contribution is -2.54. The Kier molecular flexibility index (Phi) is 3.99. The van der Waals surface area contributed by atoms with E-state index in [-0.39, 0.29) is 0 Å². The van der Waals surface area contributed by atoms with E-state index in [0.29, 0.717) is 0 Å². The minimum Gasteiger partial charge on any atom is -0.314 e. The van der Waals surface area contributed by atoms with Crippen molar-refractivity contribution in [1.82, 2.24) is 15.1 Å². The molecule has 98 valence electrons. The fourth-order valence-electron chi connectivity index (χ4n) is 3.32. The largest absolute Gasteiger partial charge is 0.314 e. The summed E-state index contributed by atoms with van der Waals surface area (Å²) >= 11 is 0. The molecule has 3 aliphatic rings. The predicted molar refractivity (Wildman–Crippen MR) is 71.3 cm³/mol. The Hall–Kier alpha value is -0.120. The van der Waals surface area contributed by atoms with Gasteiger partial charge in [-0.2, -0.15) is 0 Å². The predicted octanol–water partition coefficient (Wildman–Crippen LogP) is 1.30. The van der Waals surface area contributed by atoms with E-state index >= 15 is 0 Å². The van der Waals surface area contributed by atoms with Crippen molar-refractivity contribution in [2.75, 3.05) is 39.3 Å². The highest BCUT2D eigenvalue weighted by Crippen LogP contribution is 2.21. The van der Waals surface area contributed by atoms with Crippen molar-refractivity contribution in [3.05, 3.63) is 0 Å². The number of nitrogens with zero attached hydrogens (tertiary/aromatic N) is 2. The lowest BCUT2D eigenvalue weighted by Gasteiger charge is -2.44. The Morgan fingerprint density at radius 1 is 1.00 bits per heavy atom. The summed E-state index contributed by atoms with van der Waals surface area (Å²) in [6, 6.07) is 1.76. The lowest BCUT2D eigenvalue weighted by atomic mass is 9.99. The second-order valence-electron chi connectivity index (χ2n) is 6.07. The van der Waals surface area contributed by atoms with Gasteiger partial charge >= 0.3 is 0 Å². The third-order valence-corrected chi connectivity index (χ3v) is 4.58. The van der Waals surface area contributed by atoms with Gasteiger partial charge in [0.05, 0.1) is 0 Å². The van der Waals surface area contributed by atoms with Crippen LogP contribution in [0.3, 0.4) is 0 Å². The normalized spacial score (nSPS) is 31.4. The summed E-state index contributed by atoms with van der Waals surface area (Å²) < 4.78 is 0. The highest BCUT2D eigenvalue weighted by atomic mass is 15.3. The van der Waals surface area contributed by atoms with E-state index in [9.17, 15) is 0 Å². The Balaban J connectivity index is 1.33. The molecule has 0 radical (unpaired) electrons. The average molecular weight is 237 g/mol. The van der Waals surface area contributed by atoms with Gasteiger partial charge in [-0.3, -0.25) is 4.90 Å². The zero-order valence-electron chi connectivity index (χ0n) is 11.0. The van der Waals surface area contributed by atoms with Crippen LogP contribution in [0.25, 0.3) is 0 Å². The molecule has 2 heterocycles. The molecule has 0 aromatic carbocycles. The smallest absolute Gasteiger partial charge is 0.0223 e. The van der Waals surface area contributed by atoms with Crippen molar-refractivity contribution < 1.29 is 0 Å². The van der Waals surface area contributed by atoms with Crippen LogP contribution < -0.4 is 5.32 Å². The summed E-state index contributed by atoms with van der Waals surface area (Å²) in [7, 11) is 0. The molecule has 0 amide bonds. The van der Waals surface area contributed by atoms with Gasteiger partial charge in [0.25, 0.3) is 0 Å². The van der Waals surface area contributed by atoms with E-state index in [2.05, 4.69) is 15.1 Å². The summed E-state index contributed by atoms with van der Waals surface area (Å²) in [5, 5.41) is 3.62. The number of piperazine rings is 1. The first-order valence-corrected chi connectivity index (χ1v) is 7.61. The molecule has 0 aromatic heterocycles. The SMILES string of the molecule is C1CCN2CCN(CCCNC3CC3)CC2C1. The second kappa shape index (κ2) is 5.68. The summed E-state index contributed by atoms with van der Waals surface area (Å²) in [5.41, 5.74) is 0. The van der Waals surface area contributed by atoms with Gasteiger partial charge in [0.1, 0.15) is 0 Å². The molecule has 1 aliphatic carbocycles. The maximum absolute atomic E-state index is 3.62. The first-order valence-electron chi connectivity index (χ1n) is 7.61. The van der Waals surface area contributed by atoms with Crippen LogP contribution in [0.15, 0.2) is 0 Å². The number of piperidine rings is 1. The van der Waals surface area contributed by atoms with E-state index in [0.717, 1.165) is 12.1 Å². The summed E-state index contributed by atoms with van der Waals surface area (Å²) in [6.07, 6.45) is 8.50. The molecule has 1 saturated carbocycles. The third kappa shape index (κ3) is 3.43. The standard InChI is InChI=1S/C14H27N3/c1-2-9-17-11-10-16(12-14(17)4-1)8-3-7-15-13-5-6-13/h13-15H,1-12H2. The van der Waals surface area contributed by atoms with Gasteiger partial charge in [-0.05, 0) is 51.7 Å². The van der Waals surface area contributed by atoms with Crippen molar-refractivity contribution in [3.8, 4) is 0 Å². The fraction of sp³-hybridized carbons (Fsp3) is 1.00. The number of hydrogen-bond donors (Lipinski definition) is 1. The zero-order chi connectivity index (χ0) is 11.5. The molecule has 3 nitrogen and oxygen atoms in total. The molecule has 2 saturated heterocycles. The molecule has 17 heavy (non-hydrogen) atoms. The Bertz CT molecular complexity index is 240. The minimum atomic E-state index is 0.880. The van der Waals surface area contributed by atoms with E-state index in [1.54, 1.807) is 0 Å². The van der Waals surface area contributed by atoms with Gasteiger partial charge in [-0.1, -0.05) is 6.42 Å². The van der Waals surface area contributed by atoms with E-state index in [1.807, 2.05) is 0 Å². The zero-order valence-corrected chi connectivity index (χ0v) is 11.0. The van der Waals surface area contributed by atoms with Crippen LogP contribution in [0.4, 0.5) is 0 Å². The monoisotopic (exact) mass is 237 g/mol. The fourth-order valence-corrected chi connectivity index (χ4v) is 3.32. The summed E-state index contributed by atoms with van der Waals surface area (Å²) in [6.45, 7) is 7.87. The lowest BCUT2D eigenvalue weighted by molar-refractivity contribution is 0.0490. The van der Waals surface area contributed by atoms with E-state index in [4.69, 9.17) is 0 Å². The van der Waals surface area contributed by atoms with Gasteiger partial charge in [-0.25, -0.2) is 0 Å². The number of fused-ring (bicyclic) bond motifs is 1. The van der Waals surface area contributed by atoms with Crippen LogP contribution in [-0.2, 0) is 0 Å². The molecule has 3 rings (SSSR count). The quantitative estimate of drug-likeness (QED) is 0.727. The van der Waals surface area contributed by atoms with Crippen LogP contribution in [0, 0.1) is 0 Å². The van der Waals surface area contributed by atoms with Crippen molar-refractivity contribution in [2.45, 2.75) is 50.6 Å². The van der Waals surface area contributed by atoms with Crippen LogP contribution in [0.5, 0.6) is 0 Å². The molecule has 1 atom stereocenters. The molecule has 0 aromatic rings. The number of rotatable bonds is 5. The first-order chi connectivity index (χ1) is 8.42. The summed E-state index contributed by atoms with van der Waals surface area (Å²) in [5.74, 6) is 0. The van der Waals surface area contributed by atoms with Gasteiger partial charge < -0.3 is 10.2 Å². The molecular weight excluding hydrogens is 210 g/mol. The van der Waals surface area contributed by atoms with Crippen molar-refractivity contribution >= 4 is 0 Å². The first kappa shape index (κ1) is 11.9. The maximum Gasteiger partial charge on any atom is 0.0223 e. The highest BCUT2D eigenvalue weighted by Gasteiger charge is 2.28. The number of hydrogen-bond acceptors (Lipinski definition) is 3. The highest BCUT2D eigenvalue weighted by molar-refractivity contribution is 4.85. The molecule has 0 bridgehead atoms. The van der Waals surface area contributed by atoms with Gasteiger partial charge in [0.15, 0.2) is 0 Å². The van der Waals surface area contributed by atoms with Crippen molar-refractivity contribution in [2.24, 2.45) is 0 Å². The van der Waals surface area contributed by atoms with E-state index < -0.39 is 0 Å². The molecular formula is C14H27N3. The minimum absolute atomic E-state index is 0.880. The van der Waals surface area contributed by atoms with Crippen LogP contribution in [0.1, 0.15) is 38.5 Å². The molecule has 3 fully saturated rings. The molecule has 1 N–H and O–H groups in total.